The SMILES string of the molecule is Cc1ccc2oc(-c3ccc(C(=O)NCc4ccco4)cc3)cc(=O)c2c1. The molecule has 27 heavy (non-hydrogen) atoms. The van der Waals surface area contributed by atoms with Gasteiger partial charge in [-0.25, -0.2) is 0 Å². The molecule has 0 saturated carbocycles. The second-order valence-corrected chi connectivity index (χ2v) is 6.31. The van der Waals surface area contributed by atoms with Gasteiger partial charge in [-0.05, 0) is 43.3 Å². The molecule has 0 atom stereocenters. The van der Waals surface area contributed by atoms with E-state index in [0.717, 1.165) is 11.1 Å². The summed E-state index contributed by atoms with van der Waals surface area (Å²) in [5.41, 5.74) is 2.72. The third kappa shape index (κ3) is 3.53. The Bertz CT molecular complexity index is 1160. The number of nitrogens with one attached hydrogen (secondary N) is 1. The maximum atomic E-state index is 12.4. The van der Waals surface area contributed by atoms with Crippen LogP contribution in [0.15, 0.2) is 80.6 Å². The van der Waals surface area contributed by atoms with Gasteiger partial charge in [0.2, 0.25) is 0 Å². The zero-order chi connectivity index (χ0) is 18.8. The van der Waals surface area contributed by atoms with Crippen LogP contribution in [0.4, 0.5) is 0 Å². The van der Waals surface area contributed by atoms with E-state index in [4.69, 9.17) is 8.83 Å². The quantitative estimate of drug-likeness (QED) is 0.590. The lowest BCUT2D eigenvalue weighted by molar-refractivity contribution is 0.0948. The number of hydrogen-bond donors (Lipinski definition) is 1. The molecular formula is C22H17NO4. The van der Waals surface area contributed by atoms with Crippen LogP contribution >= 0.6 is 0 Å². The van der Waals surface area contributed by atoms with E-state index in [9.17, 15) is 9.59 Å². The third-order valence-corrected chi connectivity index (χ3v) is 4.32. The summed E-state index contributed by atoms with van der Waals surface area (Å²) in [6.45, 7) is 2.26. The predicted octanol–water partition coefficient (Wildman–Crippen LogP) is 4.29. The van der Waals surface area contributed by atoms with Crippen molar-refractivity contribution in [2.45, 2.75) is 13.5 Å². The second-order valence-electron chi connectivity index (χ2n) is 6.31. The smallest absolute Gasteiger partial charge is 0.251 e. The molecule has 0 aliphatic carbocycles. The van der Waals surface area contributed by atoms with Gasteiger partial charge in [-0.15, -0.1) is 0 Å². The Labute approximate surface area is 155 Å². The van der Waals surface area contributed by atoms with Gasteiger partial charge in [0.25, 0.3) is 5.91 Å². The number of carbonyl (C=O) groups excluding carboxylic acids is 1. The predicted molar refractivity (Wildman–Crippen MR) is 103 cm³/mol. The normalized spacial score (nSPS) is 10.9. The van der Waals surface area contributed by atoms with Crippen molar-refractivity contribution in [1.82, 2.24) is 5.32 Å². The van der Waals surface area contributed by atoms with E-state index in [0.29, 0.717) is 34.6 Å². The monoisotopic (exact) mass is 359 g/mol. The molecule has 0 saturated heterocycles. The van der Waals surface area contributed by atoms with Gasteiger partial charge >= 0.3 is 0 Å². The lowest BCUT2D eigenvalue weighted by atomic mass is 10.1. The van der Waals surface area contributed by atoms with Crippen molar-refractivity contribution in [2.75, 3.05) is 0 Å². The molecule has 5 heteroatoms. The summed E-state index contributed by atoms with van der Waals surface area (Å²) in [6, 6.07) is 17.5. The number of fused-ring (bicyclic) bond motifs is 1. The van der Waals surface area contributed by atoms with Crippen LogP contribution in [-0.4, -0.2) is 5.91 Å². The van der Waals surface area contributed by atoms with Crippen LogP contribution in [0.1, 0.15) is 21.7 Å². The largest absolute Gasteiger partial charge is 0.467 e. The first kappa shape index (κ1) is 16.8. The highest BCUT2D eigenvalue weighted by Crippen LogP contribution is 2.23. The highest BCUT2D eigenvalue weighted by Gasteiger charge is 2.10. The van der Waals surface area contributed by atoms with E-state index in [1.165, 1.54) is 6.07 Å². The highest BCUT2D eigenvalue weighted by molar-refractivity contribution is 5.94. The summed E-state index contributed by atoms with van der Waals surface area (Å²) in [5.74, 6) is 0.959. The standard InChI is InChI=1S/C22H17NO4/c1-14-4-9-20-18(11-14)19(24)12-21(27-20)15-5-7-16(8-6-15)22(25)23-13-17-3-2-10-26-17/h2-12H,13H2,1H3,(H,23,25). The third-order valence-electron chi connectivity index (χ3n) is 4.32. The number of hydrogen-bond acceptors (Lipinski definition) is 4. The topological polar surface area (TPSA) is 72.5 Å². The lowest BCUT2D eigenvalue weighted by Crippen LogP contribution is -2.22. The minimum atomic E-state index is -0.201. The number of aryl methyl sites for hydroxylation is 1. The van der Waals surface area contributed by atoms with Gasteiger partial charge in [0, 0.05) is 17.2 Å². The summed E-state index contributed by atoms with van der Waals surface area (Å²) in [6.07, 6.45) is 1.56. The summed E-state index contributed by atoms with van der Waals surface area (Å²) in [4.78, 5) is 24.6. The second kappa shape index (κ2) is 6.96. The first-order chi connectivity index (χ1) is 13.1. The van der Waals surface area contributed by atoms with Crippen LogP contribution in [0.5, 0.6) is 0 Å². The van der Waals surface area contributed by atoms with Gasteiger partial charge in [0.05, 0.1) is 18.2 Å². The van der Waals surface area contributed by atoms with E-state index in [-0.39, 0.29) is 11.3 Å². The zero-order valence-corrected chi connectivity index (χ0v) is 14.7. The number of benzene rings is 2. The van der Waals surface area contributed by atoms with E-state index >= 15 is 0 Å². The number of amides is 1. The number of carbonyl (C=O) groups is 1. The van der Waals surface area contributed by atoms with Crippen LogP contribution < -0.4 is 10.7 Å². The van der Waals surface area contributed by atoms with Crippen molar-refractivity contribution in [3.8, 4) is 11.3 Å². The summed E-state index contributed by atoms with van der Waals surface area (Å²) in [5, 5.41) is 3.36. The molecule has 0 aliphatic heterocycles. The van der Waals surface area contributed by atoms with Crippen LogP contribution in [0.3, 0.4) is 0 Å². The lowest BCUT2D eigenvalue weighted by Gasteiger charge is -2.06. The molecule has 0 spiro atoms. The van der Waals surface area contributed by atoms with Crippen LogP contribution in [0.25, 0.3) is 22.3 Å². The fourth-order valence-electron chi connectivity index (χ4n) is 2.88. The van der Waals surface area contributed by atoms with Crippen LogP contribution in [-0.2, 0) is 6.54 Å². The molecule has 0 aliphatic rings. The first-order valence-electron chi connectivity index (χ1n) is 8.56. The molecule has 2 aromatic carbocycles. The van der Waals surface area contributed by atoms with Crippen molar-refractivity contribution in [3.05, 3.63) is 94.0 Å². The molecule has 5 nitrogen and oxygen atoms in total. The fraction of sp³-hybridized carbons (Fsp3) is 0.0909. The van der Waals surface area contributed by atoms with Gasteiger partial charge in [0.1, 0.15) is 17.1 Å². The highest BCUT2D eigenvalue weighted by atomic mass is 16.3. The van der Waals surface area contributed by atoms with Gasteiger partial charge < -0.3 is 14.2 Å². The van der Waals surface area contributed by atoms with Crippen molar-refractivity contribution < 1.29 is 13.6 Å². The van der Waals surface area contributed by atoms with Gasteiger partial charge in [-0.1, -0.05) is 23.8 Å². The molecule has 1 N–H and O–H groups in total. The van der Waals surface area contributed by atoms with Crippen LogP contribution in [0, 0.1) is 6.92 Å². The Balaban J connectivity index is 1.57. The first-order valence-corrected chi connectivity index (χ1v) is 8.56. The average molecular weight is 359 g/mol. The Morgan fingerprint density at radius 1 is 1.04 bits per heavy atom. The minimum Gasteiger partial charge on any atom is -0.467 e. The summed E-state index contributed by atoms with van der Waals surface area (Å²) < 4.78 is 11.1. The molecule has 4 rings (SSSR count). The Hall–Kier alpha value is -3.60. The van der Waals surface area contributed by atoms with Gasteiger partial charge in [0.15, 0.2) is 5.43 Å². The fourth-order valence-corrected chi connectivity index (χ4v) is 2.88. The van der Waals surface area contributed by atoms with Crippen molar-refractivity contribution in [3.63, 3.8) is 0 Å². The molecule has 1 amide bonds. The molecule has 4 aromatic rings. The number of furan rings is 1. The van der Waals surface area contributed by atoms with E-state index in [1.54, 1.807) is 48.7 Å². The van der Waals surface area contributed by atoms with E-state index in [2.05, 4.69) is 5.32 Å². The summed E-state index contributed by atoms with van der Waals surface area (Å²) >= 11 is 0. The Morgan fingerprint density at radius 2 is 1.85 bits per heavy atom. The number of rotatable bonds is 4. The van der Waals surface area contributed by atoms with Gasteiger partial charge in [-0.2, -0.15) is 0 Å². The molecule has 0 bridgehead atoms. The molecule has 0 unspecified atom stereocenters. The average Bonchev–Trinajstić information content (AvgIpc) is 3.20. The Morgan fingerprint density at radius 3 is 2.59 bits per heavy atom. The van der Waals surface area contributed by atoms with Crippen molar-refractivity contribution in [2.24, 2.45) is 0 Å². The maximum absolute atomic E-state index is 12.4. The van der Waals surface area contributed by atoms with Crippen molar-refractivity contribution in [1.29, 1.82) is 0 Å². The van der Waals surface area contributed by atoms with E-state index < -0.39 is 0 Å². The minimum absolute atomic E-state index is 0.0878. The van der Waals surface area contributed by atoms with Crippen LogP contribution in [0.2, 0.25) is 0 Å². The van der Waals surface area contributed by atoms with Crippen molar-refractivity contribution >= 4 is 16.9 Å². The molecule has 0 fully saturated rings. The molecule has 134 valence electrons. The summed E-state index contributed by atoms with van der Waals surface area (Å²) in [7, 11) is 0. The van der Waals surface area contributed by atoms with Gasteiger partial charge in [-0.3, -0.25) is 9.59 Å². The molecule has 2 aromatic heterocycles. The maximum Gasteiger partial charge on any atom is 0.251 e. The molecular weight excluding hydrogens is 342 g/mol. The molecule has 0 radical (unpaired) electrons. The Kier molecular flexibility index (Phi) is 4.34. The zero-order valence-electron chi connectivity index (χ0n) is 14.7. The molecule has 2 heterocycles. The van der Waals surface area contributed by atoms with E-state index in [1.807, 2.05) is 19.1 Å².